The first-order chi connectivity index (χ1) is 5.88. The Hall–Kier alpha value is -1.01. The molecule has 0 aromatic heterocycles. The Kier molecular flexibility index (Phi) is 4.50. The minimum absolute atomic E-state index is 0.836. The average molecular weight is 204 g/mol. The summed E-state index contributed by atoms with van der Waals surface area (Å²) in [5, 5.41) is 0. The average Bonchev–Trinajstić information content (AvgIpc) is 1.99. The predicted molar refractivity (Wildman–Crippen MR) is 33.6 cm³/mol. The molecule has 0 heterocycles. The second-order valence-corrected chi connectivity index (χ2v) is 2.26. The third kappa shape index (κ3) is 5.26. The lowest BCUT2D eigenvalue weighted by molar-refractivity contribution is -0.179. The van der Waals surface area contributed by atoms with E-state index in [2.05, 4.69) is 9.47 Å². The van der Waals surface area contributed by atoms with Gasteiger partial charge in [0, 0.05) is 0 Å². The summed E-state index contributed by atoms with van der Waals surface area (Å²) >= 11 is 0. The minimum atomic E-state index is -4.43. The molecule has 0 N–H and O–H groups in total. The van der Waals surface area contributed by atoms with Crippen LogP contribution in [0.1, 0.15) is 6.92 Å². The van der Waals surface area contributed by atoms with Crippen molar-refractivity contribution in [3.63, 3.8) is 0 Å². The molecule has 7 heteroatoms. The normalized spacial score (nSPS) is 13.6. The van der Waals surface area contributed by atoms with E-state index in [-0.39, 0.29) is 0 Å². The fourth-order valence-electron chi connectivity index (χ4n) is 0.374. The van der Waals surface area contributed by atoms with Gasteiger partial charge in [-0.2, -0.15) is 13.2 Å². The zero-order valence-corrected chi connectivity index (χ0v) is 6.73. The number of alkyl halides is 4. The van der Waals surface area contributed by atoms with E-state index in [9.17, 15) is 22.4 Å². The fraction of sp³-hybridized carbons (Fsp3) is 0.833. The molecule has 0 aliphatic heterocycles. The molecule has 1 unspecified atom stereocenters. The van der Waals surface area contributed by atoms with E-state index < -0.39 is 31.7 Å². The zero-order valence-electron chi connectivity index (χ0n) is 6.73. The molecule has 0 radical (unpaired) electrons. The number of carbonyl (C=O) groups excluding carboxylic acids is 1. The molecule has 0 aliphatic rings. The van der Waals surface area contributed by atoms with Crippen LogP contribution in [0, 0.1) is 5.92 Å². The molecule has 0 bridgehead atoms. The van der Waals surface area contributed by atoms with Crippen LogP contribution in [0.15, 0.2) is 0 Å². The van der Waals surface area contributed by atoms with Crippen LogP contribution in [0.2, 0.25) is 0 Å². The van der Waals surface area contributed by atoms with Gasteiger partial charge in [0.25, 0.3) is 0 Å². The van der Waals surface area contributed by atoms with Crippen LogP contribution < -0.4 is 0 Å². The third-order valence-corrected chi connectivity index (χ3v) is 1.18. The summed E-state index contributed by atoms with van der Waals surface area (Å²) < 4.78 is 54.2. The van der Waals surface area contributed by atoms with Gasteiger partial charge in [0.05, 0.1) is 5.92 Å². The molecule has 78 valence electrons. The van der Waals surface area contributed by atoms with Gasteiger partial charge in [-0.1, -0.05) is 6.92 Å². The molecule has 0 rings (SSSR count). The molecule has 0 amide bonds. The number of hydrogen-bond donors (Lipinski definition) is 0. The van der Waals surface area contributed by atoms with E-state index in [1.165, 1.54) is 0 Å². The highest BCUT2D eigenvalue weighted by atomic mass is 19.4. The summed E-state index contributed by atoms with van der Waals surface area (Å²) in [7, 11) is 0. The van der Waals surface area contributed by atoms with Gasteiger partial charge in [0.15, 0.2) is 0 Å². The molecule has 0 spiro atoms. The lowest BCUT2D eigenvalue weighted by atomic mass is 10.2. The number of halogens is 4. The molecule has 0 saturated carbocycles. The highest BCUT2D eigenvalue weighted by Gasteiger charge is 2.36. The lowest BCUT2D eigenvalue weighted by Gasteiger charge is -2.14. The molecular weight excluding hydrogens is 196 g/mol. The summed E-state index contributed by atoms with van der Waals surface area (Å²) in [4.78, 5) is 10.2. The minimum Gasteiger partial charge on any atom is -0.434 e. The summed E-state index contributed by atoms with van der Waals surface area (Å²) in [5.74, 6) is -1.79. The largest absolute Gasteiger partial charge is 0.510 e. The predicted octanol–water partition coefficient (Wildman–Crippen LogP) is 2.27. The molecular formula is C6H8F4O3. The topological polar surface area (TPSA) is 35.5 Å². The van der Waals surface area contributed by atoms with Crippen molar-refractivity contribution >= 4 is 6.16 Å². The van der Waals surface area contributed by atoms with Crippen LogP contribution in [0.5, 0.6) is 0 Å². The van der Waals surface area contributed by atoms with Gasteiger partial charge >= 0.3 is 12.3 Å². The summed E-state index contributed by atoms with van der Waals surface area (Å²) in [5.41, 5.74) is 0. The van der Waals surface area contributed by atoms with Crippen LogP contribution in [0.25, 0.3) is 0 Å². The summed E-state index contributed by atoms with van der Waals surface area (Å²) in [6, 6.07) is 0. The van der Waals surface area contributed by atoms with E-state index in [0.717, 1.165) is 6.92 Å². The van der Waals surface area contributed by atoms with Crippen LogP contribution in [0.3, 0.4) is 0 Å². The summed E-state index contributed by atoms with van der Waals surface area (Å²) in [6.07, 6.45) is -5.88. The first-order valence-electron chi connectivity index (χ1n) is 3.30. The van der Waals surface area contributed by atoms with Gasteiger partial charge in [-0.15, -0.1) is 0 Å². The number of rotatable bonds is 3. The maximum Gasteiger partial charge on any atom is 0.510 e. The van der Waals surface area contributed by atoms with Crippen molar-refractivity contribution in [2.45, 2.75) is 13.1 Å². The van der Waals surface area contributed by atoms with E-state index in [4.69, 9.17) is 0 Å². The smallest absolute Gasteiger partial charge is 0.434 e. The van der Waals surface area contributed by atoms with Gasteiger partial charge in [0.1, 0.15) is 6.61 Å². The molecule has 3 nitrogen and oxygen atoms in total. The number of ether oxygens (including phenoxy) is 2. The quantitative estimate of drug-likeness (QED) is 0.522. The standard InChI is InChI=1S/C6H8F4O3/c1-4(6(8,9)10)2-12-5(11)13-3-7/h4H,2-3H2,1H3. The number of hydrogen-bond acceptors (Lipinski definition) is 3. The molecule has 1 atom stereocenters. The molecule has 13 heavy (non-hydrogen) atoms. The third-order valence-electron chi connectivity index (χ3n) is 1.18. The maximum atomic E-state index is 11.8. The Labute approximate surface area is 71.6 Å². The van der Waals surface area contributed by atoms with Crippen LogP contribution >= 0.6 is 0 Å². The van der Waals surface area contributed by atoms with Gasteiger partial charge in [0.2, 0.25) is 6.86 Å². The Bertz CT molecular complexity index is 168. The lowest BCUT2D eigenvalue weighted by Crippen LogP contribution is -2.26. The van der Waals surface area contributed by atoms with Crippen molar-refractivity contribution in [3.05, 3.63) is 0 Å². The van der Waals surface area contributed by atoms with Crippen LogP contribution in [-0.4, -0.2) is 25.8 Å². The van der Waals surface area contributed by atoms with Crippen molar-refractivity contribution in [1.82, 2.24) is 0 Å². The highest BCUT2D eigenvalue weighted by molar-refractivity contribution is 5.59. The van der Waals surface area contributed by atoms with Crippen molar-refractivity contribution in [1.29, 1.82) is 0 Å². The van der Waals surface area contributed by atoms with Crippen LogP contribution in [-0.2, 0) is 9.47 Å². The van der Waals surface area contributed by atoms with Gasteiger partial charge in [-0.25, -0.2) is 9.18 Å². The second-order valence-electron chi connectivity index (χ2n) is 2.26. The first-order valence-corrected chi connectivity index (χ1v) is 3.30. The molecule has 0 saturated heterocycles. The second kappa shape index (κ2) is 4.88. The number of carbonyl (C=O) groups is 1. The Morgan fingerprint density at radius 1 is 1.38 bits per heavy atom. The van der Waals surface area contributed by atoms with Crippen molar-refractivity contribution in [2.24, 2.45) is 5.92 Å². The monoisotopic (exact) mass is 204 g/mol. The maximum absolute atomic E-state index is 11.8. The van der Waals surface area contributed by atoms with Gasteiger partial charge in [-0.05, 0) is 0 Å². The van der Waals surface area contributed by atoms with Crippen molar-refractivity contribution in [3.8, 4) is 0 Å². The summed E-state index contributed by atoms with van der Waals surface area (Å²) in [6.45, 7) is -1.45. The van der Waals surface area contributed by atoms with Crippen molar-refractivity contribution < 1.29 is 31.8 Å². The van der Waals surface area contributed by atoms with Gasteiger partial charge < -0.3 is 9.47 Å². The van der Waals surface area contributed by atoms with Crippen LogP contribution in [0.4, 0.5) is 22.4 Å². The van der Waals surface area contributed by atoms with Crippen molar-refractivity contribution in [2.75, 3.05) is 13.5 Å². The molecule has 0 aromatic rings. The van der Waals surface area contributed by atoms with E-state index in [1.807, 2.05) is 0 Å². The Morgan fingerprint density at radius 2 is 1.92 bits per heavy atom. The molecule has 0 fully saturated rings. The fourth-order valence-corrected chi connectivity index (χ4v) is 0.374. The highest BCUT2D eigenvalue weighted by Crippen LogP contribution is 2.25. The van der Waals surface area contributed by atoms with Gasteiger partial charge in [-0.3, -0.25) is 0 Å². The first kappa shape index (κ1) is 12.0. The molecule has 0 aliphatic carbocycles. The van der Waals surface area contributed by atoms with E-state index in [1.54, 1.807) is 0 Å². The van der Waals surface area contributed by atoms with E-state index >= 15 is 0 Å². The Balaban J connectivity index is 3.70. The SMILES string of the molecule is CC(COC(=O)OCF)C(F)(F)F. The zero-order chi connectivity index (χ0) is 10.5. The molecule has 0 aromatic carbocycles. The van der Waals surface area contributed by atoms with E-state index in [0.29, 0.717) is 0 Å². The Morgan fingerprint density at radius 3 is 2.31 bits per heavy atom.